The maximum atomic E-state index is 12.8. The average molecular weight is 453 g/mol. The Balaban J connectivity index is 2.15. The lowest BCUT2D eigenvalue weighted by atomic mass is 9.97. The minimum Gasteiger partial charge on any atom is -0.508 e. The summed E-state index contributed by atoms with van der Waals surface area (Å²) in [5.41, 5.74) is 2.10. The number of rotatable bonds is 7. The van der Waals surface area contributed by atoms with Crippen LogP contribution < -0.4 is 10.2 Å². The zero-order valence-corrected chi connectivity index (χ0v) is 19.1. The molecule has 3 rings (SSSR count). The highest BCUT2D eigenvalue weighted by Crippen LogP contribution is 2.42. The molecule has 7 heteroatoms. The quantitative estimate of drug-likeness (QED) is 0.348. The fourth-order valence-corrected chi connectivity index (χ4v) is 3.62. The molecule has 3 aromatic rings. The third-order valence-corrected chi connectivity index (χ3v) is 5.39. The average Bonchev–Trinajstić information content (AvgIpc) is 2.74. The molecule has 0 saturated heterocycles. The predicted octanol–water partition coefficient (Wildman–Crippen LogP) is 5.53. The van der Waals surface area contributed by atoms with Gasteiger partial charge in [-0.2, -0.15) is 0 Å². The highest BCUT2D eigenvalue weighted by molar-refractivity contribution is 5.88. The number of ether oxygens (including phenoxy) is 1. The molecule has 0 saturated carbocycles. The molecule has 7 nitrogen and oxygen atoms in total. The molecular weight excluding hydrogens is 424 g/mol. The highest BCUT2D eigenvalue weighted by Gasteiger charge is 2.23. The second-order valence-electron chi connectivity index (χ2n) is 8.16. The van der Waals surface area contributed by atoms with Crippen molar-refractivity contribution in [2.75, 3.05) is 7.11 Å². The molecule has 0 aliphatic heterocycles. The fraction of sp³-hybridized carbons (Fsp3) is 0.269. The Hall–Kier alpha value is -3.87. The van der Waals surface area contributed by atoms with E-state index >= 15 is 0 Å². The molecule has 1 aromatic heterocycles. The molecule has 0 aliphatic rings. The van der Waals surface area contributed by atoms with Gasteiger partial charge in [0.2, 0.25) is 11.2 Å². The van der Waals surface area contributed by atoms with E-state index in [1.807, 2.05) is 26.8 Å². The summed E-state index contributed by atoms with van der Waals surface area (Å²) in [4.78, 5) is 12.8. The van der Waals surface area contributed by atoms with Crippen molar-refractivity contribution in [1.29, 1.82) is 0 Å². The summed E-state index contributed by atoms with van der Waals surface area (Å²) in [6, 6.07) is 5.25. The molecule has 0 fully saturated rings. The lowest BCUT2D eigenvalue weighted by Crippen LogP contribution is -2.04. The zero-order valence-electron chi connectivity index (χ0n) is 19.1. The molecule has 174 valence electrons. The van der Waals surface area contributed by atoms with E-state index < -0.39 is 16.9 Å². The van der Waals surface area contributed by atoms with E-state index in [9.17, 15) is 25.2 Å². The fourth-order valence-electron chi connectivity index (χ4n) is 3.62. The summed E-state index contributed by atoms with van der Waals surface area (Å²) >= 11 is 0. The molecule has 0 atom stereocenters. The van der Waals surface area contributed by atoms with Gasteiger partial charge < -0.3 is 29.6 Å². The van der Waals surface area contributed by atoms with Gasteiger partial charge in [-0.05, 0) is 52.2 Å². The molecule has 0 spiro atoms. The second-order valence-corrected chi connectivity index (χ2v) is 8.16. The van der Waals surface area contributed by atoms with Gasteiger partial charge in [-0.1, -0.05) is 23.3 Å². The first-order valence-electron chi connectivity index (χ1n) is 10.5. The van der Waals surface area contributed by atoms with E-state index in [1.54, 1.807) is 6.07 Å². The monoisotopic (exact) mass is 452 g/mol. The van der Waals surface area contributed by atoms with Crippen molar-refractivity contribution in [2.24, 2.45) is 0 Å². The van der Waals surface area contributed by atoms with E-state index in [0.29, 0.717) is 17.5 Å². The Morgan fingerprint density at radius 2 is 1.76 bits per heavy atom. The summed E-state index contributed by atoms with van der Waals surface area (Å²) in [7, 11) is 1.43. The van der Waals surface area contributed by atoms with Crippen molar-refractivity contribution >= 4 is 11.0 Å². The van der Waals surface area contributed by atoms with E-state index in [4.69, 9.17) is 9.15 Å². The molecule has 0 unspecified atom stereocenters. The lowest BCUT2D eigenvalue weighted by molar-refractivity contribution is 0.371. The largest absolute Gasteiger partial charge is 0.508 e. The van der Waals surface area contributed by atoms with Gasteiger partial charge in [0.25, 0.3) is 0 Å². The number of fused-ring (bicyclic) bond motifs is 1. The highest BCUT2D eigenvalue weighted by atomic mass is 16.5. The van der Waals surface area contributed by atoms with Crippen LogP contribution in [-0.2, 0) is 6.42 Å². The Labute approximate surface area is 191 Å². The summed E-state index contributed by atoms with van der Waals surface area (Å²) < 4.78 is 11.0. The summed E-state index contributed by atoms with van der Waals surface area (Å²) in [5.74, 6) is -1.59. The lowest BCUT2D eigenvalue weighted by Gasteiger charge is -2.14. The van der Waals surface area contributed by atoms with Gasteiger partial charge in [0.15, 0.2) is 17.3 Å². The van der Waals surface area contributed by atoms with Crippen LogP contribution in [0.2, 0.25) is 0 Å². The van der Waals surface area contributed by atoms with Crippen LogP contribution in [0.4, 0.5) is 0 Å². The van der Waals surface area contributed by atoms with E-state index in [2.05, 4.69) is 6.08 Å². The summed E-state index contributed by atoms with van der Waals surface area (Å²) in [6.45, 7) is 6.08. The van der Waals surface area contributed by atoms with E-state index in [-0.39, 0.29) is 34.0 Å². The van der Waals surface area contributed by atoms with Gasteiger partial charge in [-0.3, -0.25) is 4.79 Å². The minimum atomic E-state index is -0.849. The molecular formula is C26H28O7. The maximum Gasteiger partial charge on any atom is 0.238 e. The number of allylic oxidation sites excluding steroid dienone is 4. The number of hydrogen-bond acceptors (Lipinski definition) is 7. The van der Waals surface area contributed by atoms with Crippen LogP contribution in [0.25, 0.3) is 22.3 Å². The minimum absolute atomic E-state index is 0.0972. The van der Waals surface area contributed by atoms with Crippen LogP contribution in [-0.4, -0.2) is 27.5 Å². The number of hydrogen-bond donors (Lipinski definition) is 4. The molecule has 4 N–H and O–H groups in total. The SMILES string of the molecule is COc1ccc(-c2oc3cc(O)cc(O)c3c(=O)c2O)c(CC=C(C)CCC=C(C)C)c1O. The van der Waals surface area contributed by atoms with Crippen LogP contribution in [0.3, 0.4) is 0 Å². The predicted molar refractivity (Wildman–Crippen MR) is 127 cm³/mol. The Kier molecular flexibility index (Phi) is 7.01. The van der Waals surface area contributed by atoms with Crippen molar-refractivity contribution in [2.45, 2.75) is 40.0 Å². The molecule has 0 radical (unpaired) electrons. The second kappa shape index (κ2) is 9.73. The first kappa shape index (κ1) is 23.8. The third kappa shape index (κ3) is 4.98. The molecule has 2 aromatic carbocycles. The number of phenols is 3. The van der Waals surface area contributed by atoms with Crippen molar-refractivity contribution in [1.82, 2.24) is 0 Å². The molecule has 33 heavy (non-hydrogen) atoms. The number of aromatic hydroxyl groups is 4. The number of methoxy groups -OCH3 is 1. The van der Waals surface area contributed by atoms with Crippen LogP contribution in [0.1, 0.15) is 39.2 Å². The number of benzene rings is 2. The van der Waals surface area contributed by atoms with Crippen LogP contribution in [0, 0.1) is 0 Å². The van der Waals surface area contributed by atoms with Crippen LogP contribution in [0.5, 0.6) is 28.7 Å². The van der Waals surface area contributed by atoms with Crippen LogP contribution >= 0.6 is 0 Å². The Bertz CT molecular complexity index is 1310. The van der Waals surface area contributed by atoms with Gasteiger partial charge in [-0.15, -0.1) is 0 Å². The summed E-state index contributed by atoms with van der Waals surface area (Å²) in [5, 5.41) is 41.0. The standard InChI is InChI=1S/C26H28O7/c1-14(2)6-5-7-15(3)8-9-17-18(10-11-20(32-4)23(17)29)26-25(31)24(30)22-19(28)12-16(27)13-21(22)33-26/h6,8,10-13,27-29,31H,5,7,9H2,1-4H3. The van der Waals surface area contributed by atoms with Gasteiger partial charge in [0, 0.05) is 23.3 Å². The van der Waals surface area contributed by atoms with Crippen molar-refractivity contribution in [3.63, 3.8) is 0 Å². The van der Waals surface area contributed by atoms with Gasteiger partial charge in [0.05, 0.1) is 7.11 Å². The normalized spacial score (nSPS) is 11.6. The van der Waals surface area contributed by atoms with Gasteiger partial charge >= 0.3 is 0 Å². The third-order valence-electron chi connectivity index (χ3n) is 5.39. The van der Waals surface area contributed by atoms with Crippen molar-refractivity contribution in [3.8, 4) is 40.1 Å². The maximum absolute atomic E-state index is 12.8. The first-order valence-corrected chi connectivity index (χ1v) is 10.5. The molecule has 0 bridgehead atoms. The van der Waals surface area contributed by atoms with Gasteiger partial charge in [0.1, 0.15) is 22.5 Å². The van der Waals surface area contributed by atoms with Crippen molar-refractivity contribution in [3.05, 3.63) is 63.4 Å². The first-order chi connectivity index (χ1) is 15.6. The van der Waals surface area contributed by atoms with E-state index in [0.717, 1.165) is 24.5 Å². The number of phenolic OH excluding ortho intramolecular Hbond substituents is 3. The molecule has 0 amide bonds. The summed E-state index contributed by atoms with van der Waals surface area (Å²) in [6.07, 6.45) is 6.16. The topological polar surface area (TPSA) is 120 Å². The smallest absolute Gasteiger partial charge is 0.238 e. The van der Waals surface area contributed by atoms with Crippen LogP contribution in [0.15, 0.2) is 56.8 Å². The molecule has 1 heterocycles. The van der Waals surface area contributed by atoms with Crippen molar-refractivity contribution < 1.29 is 29.6 Å². The molecule has 0 aliphatic carbocycles. The Morgan fingerprint density at radius 1 is 1.03 bits per heavy atom. The Morgan fingerprint density at radius 3 is 2.42 bits per heavy atom. The van der Waals surface area contributed by atoms with Gasteiger partial charge in [-0.25, -0.2) is 0 Å². The van der Waals surface area contributed by atoms with E-state index in [1.165, 1.54) is 24.8 Å². The zero-order chi connectivity index (χ0) is 24.3.